The number of benzene rings is 1. The average molecular weight is 280 g/mol. The number of aromatic carboxylic acids is 1. The molecule has 6 heteroatoms. The molecule has 0 unspecified atom stereocenters. The number of nitrogens with zero attached hydrogens (tertiary/aromatic N) is 2. The van der Waals surface area contributed by atoms with Crippen molar-refractivity contribution < 1.29 is 9.90 Å². The van der Waals surface area contributed by atoms with Gasteiger partial charge in [0.1, 0.15) is 5.82 Å². The highest BCUT2D eigenvalue weighted by molar-refractivity contribution is 8.01. The first-order chi connectivity index (χ1) is 8.56. The summed E-state index contributed by atoms with van der Waals surface area (Å²) in [6, 6.07) is 6.82. The van der Waals surface area contributed by atoms with E-state index < -0.39 is 5.97 Å². The van der Waals surface area contributed by atoms with Gasteiger partial charge in [0.15, 0.2) is 4.34 Å². The van der Waals surface area contributed by atoms with Crippen molar-refractivity contribution in [2.24, 2.45) is 0 Å². The summed E-state index contributed by atoms with van der Waals surface area (Å²) in [5.41, 5.74) is 0.286. The fraction of sp³-hybridized carbons (Fsp3) is 0.250. The van der Waals surface area contributed by atoms with E-state index in [1.165, 1.54) is 23.3 Å². The number of carboxylic acids is 1. The van der Waals surface area contributed by atoms with Crippen LogP contribution in [-0.2, 0) is 0 Å². The summed E-state index contributed by atoms with van der Waals surface area (Å²) in [5, 5.41) is 8.92. The van der Waals surface area contributed by atoms with Gasteiger partial charge in [-0.2, -0.15) is 4.37 Å². The van der Waals surface area contributed by atoms with Gasteiger partial charge in [-0.3, -0.25) is 0 Å². The number of carboxylic acid groups (broad SMARTS) is 1. The molecule has 1 aromatic heterocycles. The molecule has 2 aromatic rings. The molecule has 1 aromatic carbocycles. The summed E-state index contributed by atoms with van der Waals surface area (Å²) in [4.78, 5) is 16.1. The molecule has 0 aliphatic carbocycles. The minimum atomic E-state index is -0.919. The first-order valence-corrected chi connectivity index (χ1v) is 7.00. The largest absolute Gasteiger partial charge is 0.478 e. The van der Waals surface area contributed by atoms with Crippen LogP contribution in [0.25, 0.3) is 0 Å². The van der Waals surface area contributed by atoms with Gasteiger partial charge in [0, 0.05) is 10.8 Å². The van der Waals surface area contributed by atoms with E-state index in [-0.39, 0.29) is 5.56 Å². The van der Waals surface area contributed by atoms with E-state index in [4.69, 9.17) is 5.11 Å². The molecule has 0 atom stereocenters. The molecule has 0 spiro atoms. The smallest absolute Gasteiger partial charge is 0.335 e. The third kappa shape index (κ3) is 3.08. The van der Waals surface area contributed by atoms with E-state index in [2.05, 4.69) is 9.36 Å². The van der Waals surface area contributed by atoms with Crippen molar-refractivity contribution in [1.29, 1.82) is 0 Å². The summed E-state index contributed by atoms with van der Waals surface area (Å²) in [6.45, 7) is 4.09. The first-order valence-electron chi connectivity index (χ1n) is 5.41. The minimum absolute atomic E-state index is 0.286. The van der Waals surface area contributed by atoms with Crippen LogP contribution in [0.2, 0.25) is 0 Å². The Kier molecular flexibility index (Phi) is 3.98. The van der Waals surface area contributed by atoms with Gasteiger partial charge in [-0.1, -0.05) is 31.7 Å². The molecular weight excluding hydrogens is 268 g/mol. The Morgan fingerprint density at radius 3 is 2.83 bits per heavy atom. The van der Waals surface area contributed by atoms with Gasteiger partial charge in [0.25, 0.3) is 0 Å². The molecule has 18 heavy (non-hydrogen) atoms. The number of rotatable bonds is 4. The first kappa shape index (κ1) is 13.0. The molecule has 0 saturated carbocycles. The lowest BCUT2D eigenvalue weighted by molar-refractivity contribution is 0.0696. The van der Waals surface area contributed by atoms with Crippen molar-refractivity contribution in [2.45, 2.75) is 29.0 Å². The highest BCUT2D eigenvalue weighted by Gasteiger charge is 2.10. The van der Waals surface area contributed by atoms with Crippen LogP contribution in [-0.4, -0.2) is 20.4 Å². The predicted molar refractivity (Wildman–Crippen MR) is 71.5 cm³/mol. The second kappa shape index (κ2) is 5.49. The highest BCUT2D eigenvalue weighted by Crippen LogP contribution is 2.30. The zero-order valence-electron chi connectivity index (χ0n) is 9.95. The van der Waals surface area contributed by atoms with E-state index >= 15 is 0 Å². The number of hydrogen-bond acceptors (Lipinski definition) is 5. The van der Waals surface area contributed by atoms with E-state index in [9.17, 15) is 4.79 Å². The fourth-order valence-electron chi connectivity index (χ4n) is 1.29. The van der Waals surface area contributed by atoms with Gasteiger partial charge in [-0.25, -0.2) is 9.78 Å². The third-order valence-corrected chi connectivity index (χ3v) is 3.98. The maximum Gasteiger partial charge on any atom is 0.335 e. The van der Waals surface area contributed by atoms with Gasteiger partial charge in [-0.05, 0) is 29.7 Å². The van der Waals surface area contributed by atoms with Crippen molar-refractivity contribution >= 4 is 29.3 Å². The van der Waals surface area contributed by atoms with Gasteiger partial charge in [-0.15, -0.1) is 0 Å². The van der Waals surface area contributed by atoms with E-state index in [1.807, 2.05) is 19.9 Å². The summed E-state index contributed by atoms with van der Waals surface area (Å²) < 4.78 is 5.10. The molecule has 0 amide bonds. The maximum atomic E-state index is 10.9. The SMILES string of the molecule is CC(C)c1nsc(Sc2cccc(C(=O)O)c2)n1. The normalized spacial score (nSPS) is 10.8. The van der Waals surface area contributed by atoms with Crippen molar-refractivity contribution in [3.05, 3.63) is 35.7 Å². The van der Waals surface area contributed by atoms with Gasteiger partial charge < -0.3 is 5.11 Å². The predicted octanol–water partition coefficient (Wildman–Crippen LogP) is 3.51. The third-order valence-electron chi connectivity index (χ3n) is 2.23. The Morgan fingerprint density at radius 2 is 2.22 bits per heavy atom. The molecule has 4 nitrogen and oxygen atoms in total. The minimum Gasteiger partial charge on any atom is -0.478 e. The molecule has 0 saturated heterocycles. The topological polar surface area (TPSA) is 63.1 Å². The molecule has 1 N–H and O–H groups in total. The fourth-order valence-corrected chi connectivity index (χ4v) is 3.07. The Labute approximate surface area is 113 Å². The van der Waals surface area contributed by atoms with Gasteiger partial charge in [0.2, 0.25) is 0 Å². The lowest BCUT2D eigenvalue weighted by Crippen LogP contribution is -1.95. The van der Waals surface area contributed by atoms with Crippen LogP contribution in [0.3, 0.4) is 0 Å². The Morgan fingerprint density at radius 1 is 1.44 bits per heavy atom. The van der Waals surface area contributed by atoms with Crippen molar-refractivity contribution in [3.8, 4) is 0 Å². The van der Waals surface area contributed by atoms with E-state index in [0.29, 0.717) is 5.92 Å². The maximum absolute atomic E-state index is 10.9. The van der Waals surface area contributed by atoms with Gasteiger partial charge in [0.05, 0.1) is 5.56 Å². The van der Waals surface area contributed by atoms with Crippen LogP contribution >= 0.6 is 23.3 Å². The lowest BCUT2D eigenvalue weighted by Gasteiger charge is -1.99. The average Bonchev–Trinajstić information content (AvgIpc) is 2.78. The van der Waals surface area contributed by atoms with Gasteiger partial charge >= 0.3 is 5.97 Å². The van der Waals surface area contributed by atoms with Crippen LogP contribution in [0.15, 0.2) is 33.5 Å². The summed E-state index contributed by atoms with van der Waals surface area (Å²) in [5.74, 6) is 0.218. The monoisotopic (exact) mass is 280 g/mol. The molecule has 0 bridgehead atoms. The van der Waals surface area contributed by atoms with E-state index in [1.54, 1.807) is 18.2 Å². The number of carbonyl (C=O) groups is 1. The molecule has 2 rings (SSSR count). The Bertz CT molecular complexity index is 567. The molecule has 0 fully saturated rings. The van der Waals surface area contributed by atoms with Crippen LogP contribution in [0.5, 0.6) is 0 Å². The number of aromatic nitrogens is 2. The van der Waals surface area contributed by atoms with Crippen LogP contribution in [0, 0.1) is 0 Å². The molecule has 0 radical (unpaired) electrons. The molecule has 1 heterocycles. The Balaban J connectivity index is 2.17. The highest BCUT2D eigenvalue weighted by atomic mass is 32.2. The Hall–Kier alpha value is -1.40. The molecule has 0 aliphatic heterocycles. The zero-order chi connectivity index (χ0) is 13.1. The van der Waals surface area contributed by atoms with Crippen molar-refractivity contribution in [1.82, 2.24) is 9.36 Å². The van der Waals surface area contributed by atoms with Crippen LogP contribution < -0.4 is 0 Å². The summed E-state index contributed by atoms with van der Waals surface area (Å²) in [6.07, 6.45) is 0. The van der Waals surface area contributed by atoms with Crippen LogP contribution in [0.4, 0.5) is 0 Å². The zero-order valence-corrected chi connectivity index (χ0v) is 11.6. The summed E-state index contributed by atoms with van der Waals surface area (Å²) in [7, 11) is 0. The lowest BCUT2D eigenvalue weighted by atomic mass is 10.2. The van der Waals surface area contributed by atoms with Crippen molar-refractivity contribution in [2.75, 3.05) is 0 Å². The second-order valence-electron chi connectivity index (χ2n) is 4.01. The molecular formula is C12H12N2O2S2. The van der Waals surface area contributed by atoms with E-state index in [0.717, 1.165) is 15.1 Å². The molecule has 94 valence electrons. The molecule has 0 aliphatic rings. The quantitative estimate of drug-likeness (QED) is 0.928. The van der Waals surface area contributed by atoms with Crippen molar-refractivity contribution in [3.63, 3.8) is 0 Å². The standard InChI is InChI=1S/C12H12N2O2S2/c1-7(2)10-13-12(18-14-10)17-9-5-3-4-8(6-9)11(15)16/h3-7H,1-2H3,(H,15,16). The second-order valence-corrected chi connectivity index (χ2v) is 6.08. The number of hydrogen-bond donors (Lipinski definition) is 1. The van der Waals surface area contributed by atoms with Crippen LogP contribution in [0.1, 0.15) is 35.9 Å². The summed E-state index contributed by atoms with van der Waals surface area (Å²) >= 11 is 2.78.